The maximum Gasteiger partial charge on any atom is 0.00574 e. The van der Waals surface area contributed by atoms with Gasteiger partial charge >= 0.3 is 0 Å². The van der Waals surface area contributed by atoms with Crippen molar-refractivity contribution in [3.05, 3.63) is 0 Å². The van der Waals surface area contributed by atoms with Crippen molar-refractivity contribution in [3.8, 4) is 0 Å². The van der Waals surface area contributed by atoms with Crippen molar-refractivity contribution >= 4 is 37.0 Å². The van der Waals surface area contributed by atoms with Crippen LogP contribution in [0.15, 0.2) is 0 Å². The van der Waals surface area contributed by atoms with E-state index in [0.717, 1.165) is 22.0 Å². The number of hydrogen-bond donors (Lipinski definition) is 2. The zero-order valence-corrected chi connectivity index (χ0v) is 12.7. The van der Waals surface area contributed by atoms with Gasteiger partial charge in [-0.2, -0.15) is 37.0 Å². The second-order valence-electron chi connectivity index (χ2n) is 3.98. The Labute approximate surface area is 111 Å². The van der Waals surface area contributed by atoms with Crippen LogP contribution in [0.4, 0.5) is 0 Å². The molecule has 92 valence electrons. The summed E-state index contributed by atoms with van der Waals surface area (Å²) in [5.41, 5.74) is 0. The van der Waals surface area contributed by atoms with Crippen LogP contribution in [0.2, 0.25) is 0 Å². The van der Waals surface area contributed by atoms with Crippen molar-refractivity contribution < 1.29 is 0 Å². The minimum Gasteiger partial charge on any atom is -0.179 e. The van der Waals surface area contributed by atoms with Gasteiger partial charge in [0.05, 0.1) is 0 Å². The lowest BCUT2D eigenvalue weighted by atomic mass is 10.2. The average Bonchev–Trinajstić information content (AvgIpc) is 2.19. The Balaban J connectivity index is 3.93. The van der Waals surface area contributed by atoms with Crippen LogP contribution in [0.3, 0.4) is 0 Å². The van der Waals surface area contributed by atoms with E-state index in [1.165, 1.54) is 38.5 Å². The summed E-state index contributed by atoms with van der Waals surface area (Å²) in [5.74, 6) is 2.05. The Bertz CT molecular complexity index is 102. The Kier molecular flexibility index (Phi) is 12.3. The van der Waals surface area contributed by atoms with Gasteiger partial charge in [-0.1, -0.05) is 26.7 Å². The van der Waals surface area contributed by atoms with E-state index in [1.54, 1.807) is 0 Å². The zero-order chi connectivity index (χ0) is 11.5. The van der Waals surface area contributed by atoms with Crippen LogP contribution in [0.5, 0.6) is 0 Å². The van der Waals surface area contributed by atoms with E-state index in [1.807, 2.05) is 0 Å². The first kappa shape index (κ1) is 16.1. The minimum absolute atomic E-state index is 0.823. The van der Waals surface area contributed by atoms with Gasteiger partial charge in [0.25, 0.3) is 0 Å². The molecular formula is C12H26S3. The molecule has 0 aromatic carbocycles. The van der Waals surface area contributed by atoms with Crippen molar-refractivity contribution in [2.45, 2.75) is 62.9 Å². The van der Waals surface area contributed by atoms with Crippen molar-refractivity contribution in [1.82, 2.24) is 0 Å². The van der Waals surface area contributed by atoms with E-state index >= 15 is 0 Å². The van der Waals surface area contributed by atoms with Gasteiger partial charge in [-0.15, -0.1) is 0 Å². The lowest BCUT2D eigenvalue weighted by Gasteiger charge is -2.22. The third kappa shape index (κ3) is 8.82. The molecule has 15 heavy (non-hydrogen) atoms. The highest BCUT2D eigenvalue weighted by Crippen LogP contribution is 2.29. The van der Waals surface area contributed by atoms with E-state index in [4.69, 9.17) is 0 Å². The molecule has 0 aliphatic rings. The van der Waals surface area contributed by atoms with E-state index in [9.17, 15) is 0 Å². The second kappa shape index (κ2) is 11.5. The topological polar surface area (TPSA) is 0 Å². The minimum atomic E-state index is 0.823. The van der Waals surface area contributed by atoms with Gasteiger partial charge in [-0.05, 0) is 37.2 Å². The van der Waals surface area contributed by atoms with Crippen molar-refractivity contribution in [3.63, 3.8) is 0 Å². The van der Waals surface area contributed by atoms with Gasteiger partial charge in [0.2, 0.25) is 0 Å². The third-order valence-electron chi connectivity index (χ3n) is 2.51. The molecule has 0 amide bonds. The Morgan fingerprint density at radius 3 is 1.47 bits per heavy atom. The van der Waals surface area contributed by atoms with Crippen LogP contribution < -0.4 is 0 Å². The van der Waals surface area contributed by atoms with Crippen LogP contribution in [0.1, 0.15) is 52.4 Å². The number of hydrogen-bond acceptors (Lipinski definition) is 3. The van der Waals surface area contributed by atoms with Crippen LogP contribution in [0, 0.1) is 0 Å². The molecule has 2 unspecified atom stereocenters. The van der Waals surface area contributed by atoms with Gasteiger partial charge in [-0.25, -0.2) is 0 Å². The first-order valence-electron chi connectivity index (χ1n) is 6.15. The maximum atomic E-state index is 4.35. The summed E-state index contributed by atoms with van der Waals surface area (Å²) in [5, 5.41) is 1.65. The van der Waals surface area contributed by atoms with Crippen LogP contribution in [-0.4, -0.2) is 22.0 Å². The van der Waals surface area contributed by atoms with Crippen molar-refractivity contribution in [2.24, 2.45) is 0 Å². The molecule has 0 radical (unpaired) electrons. The van der Waals surface area contributed by atoms with Crippen LogP contribution in [0.25, 0.3) is 0 Å². The summed E-state index contributed by atoms with van der Waals surface area (Å²) in [6.45, 7) is 4.55. The molecular weight excluding hydrogens is 240 g/mol. The van der Waals surface area contributed by atoms with E-state index in [2.05, 4.69) is 50.9 Å². The quantitative estimate of drug-likeness (QED) is 0.541. The van der Waals surface area contributed by atoms with Crippen LogP contribution >= 0.6 is 37.0 Å². The largest absolute Gasteiger partial charge is 0.179 e. The zero-order valence-electron chi connectivity index (χ0n) is 10.1. The fourth-order valence-corrected chi connectivity index (χ4v) is 4.53. The molecule has 0 nitrogen and oxygen atoms in total. The smallest absolute Gasteiger partial charge is 0.00574 e. The molecule has 0 fully saturated rings. The molecule has 0 bridgehead atoms. The normalized spacial score (nSPS) is 15.2. The van der Waals surface area contributed by atoms with E-state index in [0.29, 0.717) is 0 Å². The van der Waals surface area contributed by atoms with Gasteiger partial charge in [0.15, 0.2) is 0 Å². The number of rotatable bonds is 10. The highest BCUT2D eigenvalue weighted by Gasteiger charge is 2.14. The molecule has 0 saturated carbocycles. The molecule has 0 heterocycles. The molecule has 3 heteroatoms. The summed E-state index contributed by atoms with van der Waals surface area (Å²) in [6, 6.07) is 0. The molecule has 0 aromatic heterocycles. The van der Waals surface area contributed by atoms with Gasteiger partial charge in [-0.3, -0.25) is 0 Å². The second-order valence-corrected chi connectivity index (χ2v) is 6.48. The monoisotopic (exact) mass is 266 g/mol. The van der Waals surface area contributed by atoms with E-state index < -0.39 is 0 Å². The predicted molar refractivity (Wildman–Crippen MR) is 81.9 cm³/mol. The first-order chi connectivity index (χ1) is 7.28. The predicted octanol–water partition coefficient (Wildman–Crippen LogP) is 4.70. The highest BCUT2D eigenvalue weighted by atomic mass is 32.2. The fourth-order valence-electron chi connectivity index (χ4n) is 1.76. The molecule has 0 aliphatic carbocycles. The lowest BCUT2D eigenvalue weighted by Crippen LogP contribution is -2.12. The summed E-state index contributed by atoms with van der Waals surface area (Å²) < 4.78 is 0. The molecule has 2 atom stereocenters. The summed E-state index contributed by atoms with van der Waals surface area (Å²) in [7, 11) is 0. The van der Waals surface area contributed by atoms with Gasteiger partial charge in [0.1, 0.15) is 0 Å². The molecule has 0 aromatic rings. The summed E-state index contributed by atoms with van der Waals surface area (Å²) in [4.78, 5) is 0. The van der Waals surface area contributed by atoms with E-state index in [-0.39, 0.29) is 0 Å². The number of thiol groups is 2. The average molecular weight is 267 g/mol. The SMILES string of the molecule is CCCC(CCS)SC(CCC)CCS. The summed E-state index contributed by atoms with van der Waals surface area (Å²) in [6.07, 6.45) is 7.80. The molecule has 0 rings (SSSR count). The lowest BCUT2D eigenvalue weighted by molar-refractivity contribution is 0.690. The number of thioether (sulfide) groups is 1. The molecule has 0 spiro atoms. The Morgan fingerprint density at radius 1 is 0.800 bits per heavy atom. The standard InChI is InChI=1S/C12H26S3/c1-3-5-11(7-9-13)15-12(6-4-2)8-10-14/h11-14H,3-10H2,1-2H3. The Hall–Kier alpha value is 1.05. The summed E-state index contributed by atoms with van der Waals surface area (Å²) >= 11 is 10.9. The Morgan fingerprint density at radius 2 is 1.20 bits per heavy atom. The highest BCUT2D eigenvalue weighted by molar-refractivity contribution is 8.00. The molecule has 0 aliphatic heterocycles. The maximum absolute atomic E-state index is 4.35. The molecule has 0 N–H and O–H groups in total. The third-order valence-corrected chi connectivity index (χ3v) is 4.74. The van der Waals surface area contributed by atoms with Crippen molar-refractivity contribution in [1.29, 1.82) is 0 Å². The van der Waals surface area contributed by atoms with Crippen LogP contribution in [-0.2, 0) is 0 Å². The molecule has 0 saturated heterocycles. The first-order valence-corrected chi connectivity index (χ1v) is 8.36. The van der Waals surface area contributed by atoms with Gasteiger partial charge < -0.3 is 0 Å². The fraction of sp³-hybridized carbons (Fsp3) is 1.00. The van der Waals surface area contributed by atoms with Crippen molar-refractivity contribution in [2.75, 3.05) is 11.5 Å². The van der Waals surface area contributed by atoms with Gasteiger partial charge in [0, 0.05) is 10.5 Å².